The number of likely N-dealkylation sites (N-methyl/N-ethyl adjacent to an activating group) is 1. The van der Waals surface area contributed by atoms with Gasteiger partial charge >= 0.3 is 0 Å². The molecule has 0 bridgehead atoms. The van der Waals surface area contributed by atoms with Crippen molar-refractivity contribution in [2.45, 2.75) is 6.42 Å². The first kappa shape index (κ1) is 13.1. The lowest BCUT2D eigenvalue weighted by Gasteiger charge is -2.14. The second kappa shape index (κ2) is 6.57. The summed E-state index contributed by atoms with van der Waals surface area (Å²) in [6, 6.07) is 0. The molecule has 1 rings (SSSR count). The molecule has 0 fully saturated rings. The minimum Gasteiger partial charge on any atom is -0.383 e. The van der Waals surface area contributed by atoms with E-state index in [2.05, 4.69) is 4.98 Å². The number of rotatable bonds is 6. The molecule has 0 aliphatic rings. The van der Waals surface area contributed by atoms with Gasteiger partial charge in [-0.2, -0.15) is 0 Å². The fourth-order valence-corrected chi connectivity index (χ4v) is 1.96. The standard InChI is InChI=1S/C10H17N3O2S/c1-13(5-6-15-2)10(14)8-7-16-9(12-8)3-4-11/h7H,3-6,11H2,1-2H3. The van der Waals surface area contributed by atoms with Crippen LogP contribution in [-0.4, -0.2) is 49.6 Å². The molecule has 16 heavy (non-hydrogen) atoms. The largest absolute Gasteiger partial charge is 0.383 e. The summed E-state index contributed by atoms with van der Waals surface area (Å²) >= 11 is 1.47. The van der Waals surface area contributed by atoms with E-state index in [1.807, 2.05) is 0 Å². The van der Waals surface area contributed by atoms with Crippen LogP contribution in [0.3, 0.4) is 0 Å². The normalized spacial score (nSPS) is 10.4. The quantitative estimate of drug-likeness (QED) is 0.783. The van der Waals surface area contributed by atoms with Crippen molar-refractivity contribution < 1.29 is 9.53 Å². The topological polar surface area (TPSA) is 68.5 Å². The van der Waals surface area contributed by atoms with Crippen molar-refractivity contribution in [1.82, 2.24) is 9.88 Å². The molecule has 1 aromatic heterocycles. The van der Waals surface area contributed by atoms with E-state index in [1.54, 1.807) is 24.4 Å². The van der Waals surface area contributed by atoms with Gasteiger partial charge in [0.1, 0.15) is 5.69 Å². The predicted molar refractivity (Wildman–Crippen MR) is 63.7 cm³/mol. The number of hydrogen-bond donors (Lipinski definition) is 1. The summed E-state index contributed by atoms with van der Waals surface area (Å²) in [4.78, 5) is 17.7. The van der Waals surface area contributed by atoms with Crippen molar-refractivity contribution in [3.8, 4) is 0 Å². The molecule has 0 aliphatic carbocycles. The van der Waals surface area contributed by atoms with Crippen LogP contribution in [0.25, 0.3) is 0 Å². The van der Waals surface area contributed by atoms with Gasteiger partial charge in [0.15, 0.2) is 0 Å². The maximum atomic E-state index is 11.9. The molecular formula is C10H17N3O2S. The number of ether oxygens (including phenoxy) is 1. The third-order valence-corrected chi connectivity index (χ3v) is 3.02. The molecule has 90 valence electrons. The first-order valence-electron chi connectivity index (χ1n) is 5.08. The molecule has 6 heteroatoms. The maximum absolute atomic E-state index is 11.9. The Labute approximate surface area is 99.2 Å². The summed E-state index contributed by atoms with van der Waals surface area (Å²) in [5, 5.41) is 2.68. The number of carbonyl (C=O) groups excluding carboxylic acids is 1. The van der Waals surface area contributed by atoms with E-state index < -0.39 is 0 Å². The van der Waals surface area contributed by atoms with Crippen LogP contribution in [0.5, 0.6) is 0 Å². The lowest BCUT2D eigenvalue weighted by atomic mass is 10.4. The van der Waals surface area contributed by atoms with E-state index in [1.165, 1.54) is 11.3 Å². The molecular weight excluding hydrogens is 226 g/mol. The van der Waals surface area contributed by atoms with Gasteiger partial charge in [0, 0.05) is 32.5 Å². The minimum absolute atomic E-state index is 0.0726. The van der Waals surface area contributed by atoms with Crippen LogP contribution in [0.4, 0.5) is 0 Å². The zero-order chi connectivity index (χ0) is 12.0. The van der Waals surface area contributed by atoms with E-state index in [-0.39, 0.29) is 5.91 Å². The monoisotopic (exact) mass is 243 g/mol. The number of aromatic nitrogens is 1. The van der Waals surface area contributed by atoms with Gasteiger partial charge in [-0.15, -0.1) is 11.3 Å². The Morgan fingerprint density at radius 2 is 2.44 bits per heavy atom. The molecule has 2 N–H and O–H groups in total. The van der Waals surface area contributed by atoms with E-state index in [0.29, 0.717) is 25.4 Å². The molecule has 0 spiro atoms. The average molecular weight is 243 g/mol. The fraction of sp³-hybridized carbons (Fsp3) is 0.600. The van der Waals surface area contributed by atoms with E-state index in [9.17, 15) is 4.79 Å². The van der Waals surface area contributed by atoms with Crippen molar-refractivity contribution in [1.29, 1.82) is 0 Å². The molecule has 1 amide bonds. The molecule has 0 saturated heterocycles. The number of nitrogens with zero attached hydrogens (tertiary/aromatic N) is 2. The van der Waals surface area contributed by atoms with Crippen LogP contribution >= 0.6 is 11.3 Å². The smallest absolute Gasteiger partial charge is 0.273 e. The van der Waals surface area contributed by atoms with E-state index >= 15 is 0 Å². The third kappa shape index (κ3) is 3.55. The van der Waals surface area contributed by atoms with E-state index in [0.717, 1.165) is 11.4 Å². The van der Waals surface area contributed by atoms with Crippen LogP contribution in [0.15, 0.2) is 5.38 Å². The van der Waals surface area contributed by atoms with Gasteiger partial charge in [-0.05, 0) is 6.54 Å². The summed E-state index contributed by atoms with van der Waals surface area (Å²) in [5.74, 6) is -0.0726. The minimum atomic E-state index is -0.0726. The molecule has 0 atom stereocenters. The van der Waals surface area contributed by atoms with Crippen LogP contribution in [0.1, 0.15) is 15.5 Å². The molecule has 1 aromatic rings. The van der Waals surface area contributed by atoms with Gasteiger partial charge in [-0.1, -0.05) is 0 Å². The second-order valence-corrected chi connectivity index (χ2v) is 4.33. The average Bonchev–Trinajstić information content (AvgIpc) is 2.74. The van der Waals surface area contributed by atoms with Crippen LogP contribution in [0, 0.1) is 0 Å². The lowest BCUT2D eigenvalue weighted by molar-refractivity contribution is 0.0739. The van der Waals surface area contributed by atoms with Crippen LogP contribution in [0.2, 0.25) is 0 Å². The van der Waals surface area contributed by atoms with Crippen LogP contribution < -0.4 is 5.73 Å². The van der Waals surface area contributed by atoms with Crippen molar-refractivity contribution >= 4 is 17.2 Å². The highest BCUT2D eigenvalue weighted by molar-refractivity contribution is 7.09. The first-order valence-corrected chi connectivity index (χ1v) is 5.96. The molecule has 1 heterocycles. The van der Waals surface area contributed by atoms with Gasteiger partial charge in [-0.3, -0.25) is 4.79 Å². The molecule has 0 aromatic carbocycles. The summed E-state index contributed by atoms with van der Waals surface area (Å²) in [5.41, 5.74) is 5.92. The van der Waals surface area contributed by atoms with Crippen molar-refractivity contribution in [2.75, 3.05) is 33.9 Å². The Hall–Kier alpha value is -0.980. The van der Waals surface area contributed by atoms with E-state index in [4.69, 9.17) is 10.5 Å². The first-order chi connectivity index (χ1) is 7.69. The SMILES string of the molecule is COCCN(C)C(=O)c1csc(CCN)n1. The zero-order valence-electron chi connectivity index (χ0n) is 9.60. The molecule has 0 radical (unpaired) electrons. The zero-order valence-corrected chi connectivity index (χ0v) is 10.4. The van der Waals surface area contributed by atoms with Crippen LogP contribution in [-0.2, 0) is 11.2 Å². The van der Waals surface area contributed by atoms with Gasteiger partial charge < -0.3 is 15.4 Å². The highest BCUT2D eigenvalue weighted by Crippen LogP contribution is 2.11. The Balaban J connectivity index is 2.57. The molecule has 0 aliphatic heterocycles. The molecule has 5 nitrogen and oxygen atoms in total. The molecule has 0 saturated carbocycles. The number of hydrogen-bond acceptors (Lipinski definition) is 5. The fourth-order valence-electron chi connectivity index (χ4n) is 1.17. The predicted octanol–water partition coefficient (Wildman–Crippen LogP) is 0.363. The highest BCUT2D eigenvalue weighted by atomic mass is 32.1. The van der Waals surface area contributed by atoms with Gasteiger partial charge in [0.2, 0.25) is 0 Å². The Bertz CT molecular complexity index is 341. The van der Waals surface area contributed by atoms with Gasteiger partial charge in [0.05, 0.1) is 11.6 Å². The number of carbonyl (C=O) groups is 1. The highest BCUT2D eigenvalue weighted by Gasteiger charge is 2.14. The number of nitrogens with two attached hydrogens (primary N) is 1. The lowest BCUT2D eigenvalue weighted by Crippen LogP contribution is -2.30. The summed E-state index contributed by atoms with van der Waals surface area (Å²) in [6.07, 6.45) is 0.722. The van der Waals surface area contributed by atoms with Crippen molar-refractivity contribution in [3.05, 3.63) is 16.1 Å². The number of thiazole rings is 1. The second-order valence-electron chi connectivity index (χ2n) is 3.38. The van der Waals surface area contributed by atoms with Crippen molar-refractivity contribution in [3.63, 3.8) is 0 Å². The third-order valence-electron chi connectivity index (χ3n) is 2.11. The maximum Gasteiger partial charge on any atom is 0.273 e. The number of methoxy groups -OCH3 is 1. The van der Waals surface area contributed by atoms with Crippen molar-refractivity contribution in [2.24, 2.45) is 5.73 Å². The molecule has 0 unspecified atom stereocenters. The summed E-state index contributed by atoms with van der Waals surface area (Å²) in [7, 11) is 3.35. The van der Waals surface area contributed by atoms with Gasteiger partial charge in [0.25, 0.3) is 5.91 Å². The Kier molecular flexibility index (Phi) is 5.37. The summed E-state index contributed by atoms with van der Waals surface area (Å²) < 4.78 is 4.91. The number of amides is 1. The van der Waals surface area contributed by atoms with Gasteiger partial charge in [-0.25, -0.2) is 4.98 Å². The Morgan fingerprint density at radius 1 is 1.69 bits per heavy atom. The Morgan fingerprint density at radius 3 is 3.06 bits per heavy atom. The summed E-state index contributed by atoms with van der Waals surface area (Å²) in [6.45, 7) is 1.65.